The van der Waals surface area contributed by atoms with Gasteiger partial charge in [0.25, 0.3) is 0 Å². The third-order valence-corrected chi connectivity index (χ3v) is 2.82. The predicted octanol–water partition coefficient (Wildman–Crippen LogP) is 2.83. The highest BCUT2D eigenvalue weighted by Gasteiger charge is 2.26. The van der Waals surface area contributed by atoms with Gasteiger partial charge in [0.1, 0.15) is 5.57 Å². The van der Waals surface area contributed by atoms with Crippen molar-refractivity contribution in [2.24, 2.45) is 5.92 Å². The van der Waals surface area contributed by atoms with Crippen LogP contribution in [0.2, 0.25) is 0 Å². The second kappa shape index (κ2) is 7.48. The molecule has 0 aliphatic carbocycles. The van der Waals surface area contributed by atoms with E-state index in [1.165, 1.54) is 14.2 Å². The fraction of sp³-hybridized carbons (Fsp3) is 0.375. The average Bonchev–Trinajstić information content (AvgIpc) is 2.46. The summed E-state index contributed by atoms with van der Waals surface area (Å²) < 4.78 is 9.44. The number of hydrogen-bond donors (Lipinski definition) is 0. The number of methoxy groups -OCH3 is 2. The van der Waals surface area contributed by atoms with Gasteiger partial charge in [-0.2, -0.15) is 0 Å². The Morgan fingerprint density at radius 3 is 1.90 bits per heavy atom. The molecule has 0 aliphatic heterocycles. The number of ether oxygens (including phenoxy) is 2. The Morgan fingerprint density at radius 1 is 1.00 bits per heavy atom. The van der Waals surface area contributed by atoms with Gasteiger partial charge in [0, 0.05) is 0 Å². The highest BCUT2D eigenvalue weighted by molar-refractivity contribution is 6.20. The first-order valence-electron chi connectivity index (χ1n) is 6.46. The molecule has 108 valence electrons. The second-order valence-electron chi connectivity index (χ2n) is 4.80. The Hall–Kier alpha value is -2.10. The summed E-state index contributed by atoms with van der Waals surface area (Å²) >= 11 is 0. The van der Waals surface area contributed by atoms with Crippen molar-refractivity contribution < 1.29 is 19.1 Å². The molecule has 20 heavy (non-hydrogen) atoms. The minimum absolute atomic E-state index is 0.0325. The Labute approximate surface area is 119 Å². The van der Waals surface area contributed by atoms with Gasteiger partial charge in [0.05, 0.1) is 14.2 Å². The summed E-state index contributed by atoms with van der Waals surface area (Å²) in [6.45, 7) is 4.05. The first-order valence-corrected chi connectivity index (χ1v) is 6.46. The molecule has 0 amide bonds. The summed E-state index contributed by atoms with van der Waals surface area (Å²) in [6.07, 6.45) is 0.587. The van der Waals surface area contributed by atoms with Gasteiger partial charge in [0.2, 0.25) is 0 Å². The summed E-state index contributed by atoms with van der Waals surface area (Å²) in [5, 5.41) is 0. The van der Waals surface area contributed by atoms with Crippen molar-refractivity contribution in [2.45, 2.75) is 20.3 Å². The second-order valence-corrected chi connectivity index (χ2v) is 4.80. The highest BCUT2D eigenvalue weighted by atomic mass is 16.5. The Balaban J connectivity index is 3.45. The van der Waals surface area contributed by atoms with Crippen molar-refractivity contribution in [2.75, 3.05) is 14.2 Å². The van der Waals surface area contributed by atoms with E-state index in [9.17, 15) is 9.59 Å². The Kier molecular flexibility index (Phi) is 5.97. The standard InChI is InChI=1S/C16H20O4/c1-11(2)10-13(12-8-6-5-7-9-12)14(15(17)19-3)16(18)20-4/h5-9,11H,10H2,1-4H3. The molecule has 0 atom stereocenters. The molecule has 1 aromatic carbocycles. The van der Waals surface area contributed by atoms with Crippen LogP contribution < -0.4 is 0 Å². The molecule has 0 spiro atoms. The molecule has 0 bridgehead atoms. The topological polar surface area (TPSA) is 52.6 Å². The maximum Gasteiger partial charge on any atom is 0.345 e. The van der Waals surface area contributed by atoms with Gasteiger partial charge < -0.3 is 9.47 Å². The fourth-order valence-electron chi connectivity index (χ4n) is 1.95. The molecule has 0 heterocycles. The van der Waals surface area contributed by atoms with E-state index in [1.54, 1.807) is 0 Å². The summed E-state index contributed by atoms with van der Waals surface area (Å²) in [5.41, 5.74) is 1.45. The van der Waals surface area contributed by atoms with E-state index in [4.69, 9.17) is 9.47 Å². The Morgan fingerprint density at radius 2 is 1.50 bits per heavy atom. The lowest BCUT2D eigenvalue weighted by Gasteiger charge is -2.15. The molecule has 0 radical (unpaired) electrons. The molecule has 0 aliphatic rings. The normalized spacial score (nSPS) is 10.1. The number of esters is 2. The first-order chi connectivity index (χ1) is 9.51. The molecule has 0 saturated carbocycles. The van der Waals surface area contributed by atoms with Crippen LogP contribution in [-0.2, 0) is 19.1 Å². The number of benzene rings is 1. The van der Waals surface area contributed by atoms with Crippen molar-refractivity contribution in [3.63, 3.8) is 0 Å². The molecule has 0 fully saturated rings. The lowest BCUT2D eigenvalue weighted by molar-refractivity contribution is -0.143. The maximum atomic E-state index is 11.9. The van der Waals surface area contributed by atoms with Crippen LogP contribution >= 0.6 is 0 Å². The van der Waals surface area contributed by atoms with E-state index in [2.05, 4.69) is 0 Å². The molecule has 4 heteroatoms. The zero-order chi connectivity index (χ0) is 15.1. The average molecular weight is 276 g/mol. The third kappa shape index (κ3) is 3.95. The third-order valence-electron chi connectivity index (χ3n) is 2.82. The van der Waals surface area contributed by atoms with Crippen LogP contribution in [0.4, 0.5) is 0 Å². The lowest BCUT2D eigenvalue weighted by Crippen LogP contribution is -2.18. The molecule has 0 aromatic heterocycles. The van der Waals surface area contributed by atoms with Crippen molar-refractivity contribution >= 4 is 17.5 Å². The van der Waals surface area contributed by atoms with Gasteiger partial charge in [-0.25, -0.2) is 9.59 Å². The molecule has 1 rings (SSSR count). The van der Waals surface area contributed by atoms with Crippen LogP contribution in [0.1, 0.15) is 25.8 Å². The molecular weight excluding hydrogens is 256 g/mol. The summed E-state index contributed by atoms with van der Waals surface area (Å²) in [6, 6.07) is 9.34. The summed E-state index contributed by atoms with van der Waals surface area (Å²) in [7, 11) is 2.51. The number of rotatable bonds is 5. The van der Waals surface area contributed by atoms with Crippen LogP contribution in [0.15, 0.2) is 35.9 Å². The smallest absolute Gasteiger partial charge is 0.345 e. The largest absolute Gasteiger partial charge is 0.465 e. The molecule has 0 unspecified atom stereocenters. The Bertz CT molecular complexity index is 482. The van der Waals surface area contributed by atoms with E-state index in [0.29, 0.717) is 12.0 Å². The minimum Gasteiger partial charge on any atom is -0.465 e. The van der Waals surface area contributed by atoms with Crippen molar-refractivity contribution in [3.05, 3.63) is 41.5 Å². The monoisotopic (exact) mass is 276 g/mol. The SMILES string of the molecule is COC(=O)C(C(=O)OC)=C(CC(C)C)c1ccccc1. The van der Waals surface area contributed by atoms with Crippen LogP contribution in [0.3, 0.4) is 0 Å². The first kappa shape index (κ1) is 16.0. The zero-order valence-electron chi connectivity index (χ0n) is 12.3. The maximum absolute atomic E-state index is 11.9. The van der Waals surface area contributed by atoms with E-state index in [1.807, 2.05) is 44.2 Å². The molecular formula is C16H20O4. The fourth-order valence-corrected chi connectivity index (χ4v) is 1.95. The van der Waals surface area contributed by atoms with Gasteiger partial charge >= 0.3 is 11.9 Å². The highest BCUT2D eigenvalue weighted by Crippen LogP contribution is 2.27. The quantitative estimate of drug-likeness (QED) is 0.359. The van der Waals surface area contributed by atoms with E-state index in [-0.39, 0.29) is 11.5 Å². The van der Waals surface area contributed by atoms with Crippen molar-refractivity contribution in [1.82, 2.24) is 0 Å². The summed E-state index contributed by atoms with van der Waals surface area (Å²) in [4.78, 5) is 23.9. The number of allylic oxidation sites excluding steroid dienone is 1. The van der Waals surface area contributed by atoms with Crippen molar-refractivity contribution in [3.8, 4) is 0 Å². The molecule has 1 aromatic rings. The van der Waals surface area contributed by atoms with Crippen molar-refractivity contribution in [1.29, 1.82) is 0 Å². The lowest BCUT2D eigenvalue weighted by atomic mass is 9.92. The molecule has 0 N–H and O–H groups in total. The summed E-state index contributed by atoms with van der Waals surface area (Å²) in [5.74, 6) is -1.05. The zero-order valence-corrected chi connectivity index (χ0v) is 12.3. The van der Waals surface area contributed by atoms with Crippen LogP contribution in [-0.4, -0.2) is 26.2 Å². The van der Waals surface area contributed by atoms with Gasteiger partial charge in [-0.1, -0.05) is 44.2 Å². The number of carbonyl (C=O) groups excluding carboxylic acids is 2. The van der Waals surface area contributed by atoms with Gasteiger partial charge in [0.15, 0.2) is 0 Å². The predicted molar refractivity (Wildman–Crippen MR) is 76.8 cm³/mol. The van der Waals surface area contributed by atoms with Gasteiger partial charge in [-0.05, 0) is 23.5 Å². The van der Waals surface area contributed by atoms with Crippen LogP contribution in [0.5, 0.6) is 0 Å². The van der Waals surface area contributed by atoms with E-state index >= 15 is 0 Å². The van der Waals surface area contributed by atoms with Crippen LogP contribution in [0, 0.1) is 5.92 Å². The van der Waals surface area contributed by atoms with E-state index < -0.39 is 11.9 Å². The number of carbonyl (C=O) groups is 2. The minimum atomic E-state index is -0.670. The molecule has 0 saturated heterocycles. The molecule has 4 nitrogen and oxygen atoms in total. The number of hydrogen-bond acceptors (Lipinski definition) is 4. The van der Waals surface area contributed by atoms with Crippen LogP contribution in [0.25, 0.3) is 5.57 Å². The van der Waals surface area contributed by atoms with Gasteiger partial charge in [-0.15, -0.1) is 0 Å². The van der Waals surface area contributed by atoms with Gasteiger partial charge in [-0.3, -0.25) is 0 Å². The van der Waals surface area contributed by atoms with E-state index in [0.717, 1.165) is 5.56 Å².